The van der Waals surface area contributed by atoms with Crippen molar-refractivity contribution in [1.82, 2.24) is 5.32 Å². The number of nitrogens with one attached hydrogen (secondary N) is 1. The van der Waals surface area contributed by atoms with Crippen molar-refractivity contribution in [3.63, 3.8) is 0 Å². The van der Waals surface area contributed by atoms with E-state index in [2.05, 4.69) is 35.6 Å². The van der Waals surface area contributed by atoms with Crippen LogP contribution in [0, 0.1) is 17.8 Å². The SMILES string of the molecule is c1ccc(CNCC[C@@H]2C[C@H]3CC[C@H]2C3)cc1. The molecule has 0 aliphatic heterocycles. The van der Waals surface area contributed by atoms with Crippen LogP contribution in [-0.4, -0.2) is 6.54 Å². The second-order valence-corrected chi connectivity index (χ2v) is 5.89. The first-order valence-corrected chi connectivity index (χ1v) is 7.16. The van der Waals surface area contributed by atoms with E-state index in [4.69, 9.17) is 0 Å². The summed E-state index contributed by atoms with van der Waals surface area (Å²) >= 11 is 0. The number of fused-ring (bicyclic) bond motifs is 2. The lowest BCUT2D eigenvalue weighted by molar-refractivity contribution is 0.310. The molecular weight excluding hydrogens is 206 g/mol. The molecule has 2 fully saturated rings. The van der Waals surface area contributed by atoms with Crippen LogP contribution in [0.5, 0.6) is 0 Å². The van der Waals surface area contributed by atoms with Crippen molar-refractivity contribution in [3.8, 4) is 0 Å². The molecule has 2 aliphatic rings. The molecule has 0 heterocycles. The zero-order valence-corrected chi connectivity index (χ0v) is 10.6. The fourth-order valence-corrected chi connectivity index (χ4v) is 3.85. The van der Waals surface area contributed by atoms with Crippen LogP contribution in [0.3, 0.4) is 0 Å². The first kappa shape index (κ1) is 11.3. The molecule has 1 heteroatoms. The van der Waals surface area contributed by atoms with Gasteiger partial charge >= 0.3 is 0 Å². The Morgan fingerprint density at radius 3 is 2.65 bits per heavy atom. The summed E-state index contributed by atoms with van der Waals surface area (Å²) in [5.41, 5.74) is 1.40. The van der Waals surface area contributed by atoms with Gasteiger partial charge in [0.15, 0.2) is 0 Å². The zero-order chi connectivity index (χ0) is 11.5. The van der Waals surface area contributed by atoms with Gasteiger partial charge in [-0.2, -0.15) is 0 Å². The van der Waals surface area contributed by atoms with Crippen molar-refractivity contribution < 1.29 is 0 Å². The molecule has 0 spiro atoms. The van der Waals surface area contributed by atoms with Gasteiger partial charge in [0.05, 0.1) is 0 Å². The Labute approximate surface area is 105 Å². The summed E-state index contributed by atoms with van der Waals surface area (Å²) in [5, 5.41) is 3.59. The van der Waals surface area contributed by atoms with Crippen LogP contribution in [0.4, 0.5) is 0 Å². The van der Waals surface area contributed by atoms with E-state index < -0.39 is 0 Å². The van der Waals surface area contributed by atoms with Crippen molar-refractivity contribution in [2.75, 3.05) is 6.54 Å². The quantitative estimate of drug-likeness (QED) is 0.761. The molecular formula is C16H23N. The standard InChI is InChI=1S/C16H23N/c1-2-4-13(5-3-1)12-17-9-8-16-11-14-6-7-15(16)10-14/h1-5,14-17H,6-12H2/t14-,15-,16+/m0/s1. The van der Waals surface area contributed by atoms with Gasteiger partial charge in [0.25, 0.3) is 0 Å². The Balaban J connectivity index is 1.36. The third-order valence-electron chi connectivity index (χ3n) is 4.75. The van der Waals surface area contributed by atoms with Gasteiger partial charge in [-0.15, -0.1) is 0 Å². The second-order valence-electron chi connectivity index (χ2n) is 5.89. The molecule has 2 aliphatic carbocycles. The second kappa shape index (κ2) is 5.22. The molecule has 2 bridgehead atoms. The predicted octanol–water partition coefficient (Wildman–Crippen LogP) is 3.60. The molecule has 92 valence electrons. The molecule has 0 unspecified atom stereocenters. The number of benzene rings is 1. The molecule has 1 aromatic rings. The van der Waals surface area contributed by atoms with Gasteiger partial charge in [-0.1, -0.05) is 36.8 Å². The number of hydrogen-bond acceptors (Lipinski definition) is 1. The van der Waals surface area contributed by atoms with Gasteiger partial charge in [0, 0.05) is 6.54 Å². The minimum absolute atomic E-state index is 1.03. The summed E-state index contributed by atoms with van der Waals surface area (Å²) in [6, 6.07) is 10.7. The molecule has 0 amide bonds. The van der Waals surface area contributed by atoms with E-state index in [1.165, 1.54) is 37.8 Å². The van der Waals surface area contributed by atoms with E-state index in [0.29, 0.717) is 0 Å². The minimum atomic E-state index is 1.03. The molecule has 1 nitrogen and oxygen atoms in total. The third kappa shape index (κ3) is 2.71. The van der Waals surface area contributed by atoms with E-state index in [1.807, 2.05) is 0 Å². The van der Waals surface area contributed by atoms with Crippen LogP contribution in [0.25, 0.3) is 0 Å². The third-order valence-corrected chi connectivity index (χ3v) is 4.75. The topological polar surface area (TPSA) is 12.0 Å². The molecule has 0 aromatic heterocycles. The van der Waals surface area contributed by atoms with Crippen LogP contribution < -0.4 is 5.32 Å². The van der Waals surface area contributed by atoms with Gasteiger partial charge in [-0.3, -0.25) is 0 Å². The predicted molar refractivity (Wildman–Crippen MR) is 71.7 cm³/mol. The van der Waals surface area contributed by atoms with Gasteiger partial charge in [-0.25, -0.2) is 0 Å². The normalized spacial score (nSPS) is 30.9. The highest BCUT2D eigenvalue weighted by atomic mass is 14.8. The van der Waals surface area contributed by atoms with Crippen LogP contribution in [0.1, 0.15) is 37.7 Å². The number of hydrogen-bond donors (Lipinski definition) is 1. The molecule has 17 heavy (non-hydrogen) atoms. The van der Waals surface area contributed by atoms with E-state index in [1.54, 1.807) is 6.42 Å². The molecule has 3 rings (SSSR count). The Morgan fingerprint density at radius 2 is 1.94 bits per heavy atom. The van der Waals surface area contributed by atoms with Crippen molar-refractivity contribution in [1.29, 1.82) is 0 Å². The Morgan fingerprint density at radius 1 is 1.06 bits per heavy atom. The molecule has 2 saturated carbocycles. The van der Waals surface area contributed by atoms with E-state index >= 15 is 0 Å². The molecule has 0 radical (unpaired) electrons. The van der Waals surface area contributed by atoms with E-state index in [9.17, 15) is 0 Å². The summed E-state index contributed by atoms with van der Waals surface area (Å²) in [7, 11) is 0. The zero-order valence-electron chi connectivity index (χ0n) is 10.6. The smallest absolute Gasteiger partial charge is 0.0205 e. The van der Waals surface area contributed by atoms with Crippen LogP contribution in [-0.2, 0) is 6.54 Å². The molecule has 1 aromatic carbocycles. The lowest BCUT2D eigenvalue weighted by atomic mass is 9.86. The lowest BCUT2D eigenvalue weighted by Gasteiger charge is -2.21. The van der Waals surface area contributed by atoms with Crippen molar-refractivity contribution >= 4 is 0 Å². The summed E-state index contributed by atoms with van der Waals surface area (Å²) in [6.45, 7) is 2.23. The average molecular weight is 229 g/mol. The first-order chi connectivity index (χ1) is 8.42. The molecule has 3 atom stereocenters. The largest absolute Gasteiger partial charge is 0.313 e. The maximum Gasteiger partial charge on any atom is 0.0205 e. The van der Waals surface area contributed by atoms with Crippen molar-refractivity contribution in [2.45, 2.75) is 38.6 Å². The molecule has 0 saturated heterocycles. The Bertz CT molecular complexity index is 346. The number of rotatable bonds is 5. The summed E-state index contributed by atoms with van der Waals surface area (Å²) in [4.78, 5) is 0. The van der Waals surface area contributed by atoms with E-state index in [0.717, 1.165) is 24.3 Å². The minimum Gasteiger partial charge on any atom is -0.313 e. The van der Waals surface area contributed by atoms with E-state index in [-0.39, 0.29) is 0 Å². The highest BCUT2D eigenvalue weighted by Gasteiger charge is 2.38. The van der Waals surface area contributed by atoms with Gasteiger partial charge in [-0.05, 0) is 55.5 Å². The maximum atomic E-state index is 3.59. The van der Waals surface area contributed by atoms with Crippen molar-refractivity contribution in [2.24, 2.45) is 17.8 Å². The summed E-state index contributed by atoms with van der Waals surface area (Å²) in [6.07, 6.45) is 7.52. The lowest BCUT2D eigenvalue weighted by Crippen LogP contribution is -2.20. The fourth-order valence-electron chi connectivity index (χ4n) is 3.85. The van der Waals surface area contributed by atoms with Crippen molar-refractivity contribution in [3.05, 3.63) is 35.9 Å². The Kier molecular flexibility index (Phi) is 3.46. The summed E-state index contributed by atoms with van der Waals surface area (Å²) in [5.74, 6) is 3.22. The van der Waals surface area contributed by atoms with Gasteiger partial charge in [0.2, 0.25) is 0 Å². The van der Waals surface area contributed by atoms with Crippen LogP contribution in [0.15, 0.2) is 30.3 Å². The molecule has 1 N–H and O–H groups in total. The summed E-state index contributed by atoms with van der Waals surface area (Å²) < 4.78 is 0. The highest BCUT2D eigenvalue weighted by Crippen LogP contribution is 2.49. The average Bonchev–Trinajstić information content (AvgIpc) is 2.98. The van der Waals surface area contributed by atoms with Gasteiger partial charge < -0.3 is 5.32 Å². The maximum absolute atomic E-state index is 3.59. The monoisotopic (exact) mass is 229 g/mol. The van der Waals surface area contributed by atoms with Crippen LogP contribution >= 0.6 is 0 Å². The first-order valence-electron chi connectivity index (χ1n) is 7.16. The van der Waals surface area contributed by atoms with Gasteiger partial charge in [0.1, 0.15) is 0 Å². The fraction of sp³-hybridized carbons (Fsp3) is 0.625. The highest BCUT2D eigenvalue weighted by molar-refractivity contribution is 5.14. The Hall–Kier alpha value is -0.820. The van der Waals surface area contributed by atoms with Crippen LogP contribution in [0.2, 0.25) is 0 Å².